The molecule has 2 aromatic rings. The molecule has 3 heterocycles. The molecule has 2 unspecified atom stereocenters. The largest absolute Gasteiger partial charge is 0.444 e. The molecule has 6 nitrogen and oxygen atoms in total. The van der Waals surface area contributed by atoms with Crippen LogP contribution in [0.25, 0.3) is 0 Å². The predicted octanol–water partition coefficient (Wildman–Crippen LogP) is 6.02. The molecule has 0 spiro atoms. The van der Waals surface area contributed by atoms with Crippen LogP contribution in [0.4, 0.5) is 29.6 Å². The minimum absolute atomic E-state index is 0.0364. The number of fused-ring (bicyclic) bond motifs is 5. The first-order valence-corrected chi connectivity index (χ1v) is 9.84. The summed E-state index contributed by atoms with van der Waals surface area (Å²) in [5.41, 5.74) is 0.960. The Morgan fingerprint density at radius 2 is 1.87 bits per heavy atom. The van der Waals surface area contributed by atoms with Crippen LogP contribution in [0.15, 0.2) is 24.4 Å². The quantitative estimate of drug-likeness (QED) is 0.578. The molecule has 1 aromatic heterocycles. The standard InChI is InChI=1S/C20H20ClF3N4O2/c1-19(2,3)30-18(29)28-14-6-7-15(28)12-8-10(4-5-11(12)14)26-17-25-9-13(16(21)27-17)20(22,23)24/h4-5,8-9,14-15H,6-7H2,1-3H3,(H,25,26,27). The van der Waals surface area contributed by atoms with E-state index in [0.29, 0.717) is 11.9 Å². The van der Waals surface area contributed by atoms with E-state index >= 15 is 0 Å². The van der Waals surface area contributed by atoms with Gasteiger partial charge in [0.05, 0.1) is 12.1 Å². The number of carbonyl (C=O) groups is 1. The third-order valence-electron chi connectivity index (χ3n) is 5.10. The molecule has 2 atom stereocenters. The Balaban J connectivity index is 1.56. The fourth-order valence-corrected chi connectivity index (χ4v) is 4.21. The van der Waals surface area contributed by atoms with Crippen LogP contribution >= 0.6 is 11.6 Å². The summed E-state index contributed by atoms with van der Waals surface area (Å²) in [5, 5.41) is 2.22. The molecule has 1 aromatic carbocycles. The molecule has 1 amide bonds. The molecule has 2 aliphatic rings. The van der Waals surface area contributed by atoms with Crippen LogP contribution in [0.5, 0.6) is 0 Å². The maximum absolute atomic E-state index is 12.8. The number of alkyl halides is 3. The number of amides is 1. The number of nitrogens with one attached hydrogen (secondary N) is 1. The molecule has 0 aliphatic carbocycles. The molecule has 1 fully saturated rings. The van der Waals surface area contributed by atoms with Gasteiger partial charge in [0.1, 0.15) is 16.3 Å². The molecule has 4 rings (SSSR count). The van der Waals surface area contributed by atoms with Crippen LogP contribution in [0.2, 0.25) is 5.15 Å². The van der Waals surface area contributed by atoms with E-state index in [4.69, 9.17) is 16.3 Å². The fourth-order valence-electron chi connectivity index (χ4n) is 3.98. The van der Waals surface area contributed by atoms with Crippen molar-refractivity contribution < 1.29 is 22.7 Å². The number of rotatable bonds is 2. The summed E-state index contributed by atoms with van der Waals surface area (Å²) >= 11 is 5.66. The number of halogens is 4. The predicted molar refractivity (Wildman–Crippen MR) is 105 cm³/mol. The van der Waals surface area contributed by atoms with Gasteiger partial charge in [-0.05, 0) is 56.9 Å². The SMILES string of the molecule is CC(C)(C)OC(=O)N1C2CCC1c1cc(Nc3ncc(C(F)(F)F)c(Cl)n3)ccc12. The summed E-state index contributed by atoms with van der Waals surface area (Å²) < 4.78 is 44.0. The van der Waals surface area contributed by atoms with Gasteiger partial charge in [-0.25, -0.2) is 14.8 Å². The number of aromatic nitrogens is 2. The lowest BCUT2D eigenvalue weighted by Gasteiger charge is -2.27. The highest BCUT2D eigenvalue weighted by Crippen LogP contribution is 2.54. The summed E-state index contributed by atoms with van der Waals surface area (Å²) in [6.07, 6.45) is -2.63. The van der Waals surface area contributed by atoms with Crippen molar-refractivity contribution in [2.45, 2.75) is 57.5 Å². The Morgan fingerprint density at radius 3 is 2.47 bits per heavy atom. The van der Waals surface area contributed by atoms with Crippen LogP contribution in [0, 0.1) is 0 Å². The molecular weight excluding hydrogens is 421 g/mol. The topological polar surface area (TPSA) is 67.3 Å². The van der Waals surface area contributed by atoms with Crippen LogP contribution in [0.3, 0.4) is 0 Å². The van der Waals surface area contributed by atoms with Crippen LogP contribution < -0.4 is 5.32 Å². The number of anilines is 2. The van der Waals surface area contributed by atoms with Crippen molar-refractivity contribution in [3.8, 4) is 0 Å². The average Bonchev–Trinajstić information content (AvgIpc) is 3.16. The molecular formula is C20H20ClF3N4O2. The first kappa shape index (κ1) is 20.7. The smallest absolute Gasteiger partial charge is 0.420 e. The van der Waals surface area contributed by atoms with Gasteiger partial charge >= 0.3 is 12.3 Å². The summed E-state index contributed by atoms with van der Waals surface area (Å²) in [7, 11) is 0. The maximum atomic E-state index is 12.8. The zero-order valence-corrected chi connectivity index (χ0v) is 17.3. The van der Waals surface area contributed by atoms with Crippen molar-refractivity contribution in [2.24, 2.45) is 0 Å². The van der Waals surface area contributed by atoms with E-state index in [1.165, 1.54) is 0 Å². The lowest BCUT2D eigenvalue weighted by Crippen LogP contribution is -2.34. The number of carbonyl (C=O) groups excluding carboxylic acids is 1. The second-order valence-corrected chi connectivity index (χ2v) is 8.72. The van der Waals surface area contributed by atoms with Gasteiger partial charge in [0.25, 0.3) is 0 Å². The number of benzene rings is 1. The van der Waals surface area contributed by atoms with Gasteiger partial charge in [-0.2, -0.15) is 13.2 Å². The van der Waals surface area contributed by atoms with E-state index in [1.54, 1.807) is 11.0 Å². The van der Waals surface area contributed by atoms with Crippen molar-refractivity contribution >= 4 is 29.3 Å². The molecule has 10 heteroatoms. The summed E-state index contributed by atoms with van der Waals surface area (Å²) in [5.74, 6) is -0.0416. The van der Waals surface area contributed by atoms with Crippen LogP contribution in [-0.2, 0) is 10.9 Å². The van der Waals surface area contributed by atoms with E-state index < -0.39 is 22.5 Å². The van der Waals surface area contributed by atoms with E-state index in [-0.39, 0.29) is 24.1 Å². The van der Waals surface area contributed by atoms with Gasteiger partial charge in [-0.1, -0.05) is 17.7 Å². The first-order chi connectivity index (χ1) is 13.9. The zero-order chi connectivity index (χ0) is 21.8. The highest BCUT2D eigenvalue weighted by molar-refractivity contribution is 6.30. The van der Waals surface area contributed by atoms with E-state index in [0.717, 1.165) is 24.0 Å². The zero-order valence-electron chi connectivity index (χ0n) is 16.5. The van der Waals surface area contributed by atoms with Gasteiger partial charge in [0.2, 0.25) is 5.95 Å². The van der Waals surface area contributed by atoms with Crippen LogP contribution in [-0.4, -0.2) is 26.6 Å². The lowest BCUT2D eigenvalue weighted by atomic mass is 9.91. The van der Waals surface area contributed by atoms with E-state index in [2.05, 4.69) is 15.3 Å². The first-order valence-electron chi connectivity index (χ1n) is 9.46. The lowest BCUT2D eigenvalue weighted by molar-refractivity contribution is -0.137. The van der Waals surface area contributed by atoms with Crippen molar-refractivity contribution in [1.29, 1.82) is 0 Å². The molecule has 0 radical (unpaired) electrons. The van der Waals surface area contributed by atoms with Gasteiger partial charge in [-0.3, -0.25) is 4.90 Å². The molecule has 1 saturated heterocycles. The Bertz CT molecular complexity index is 1010. The number of nitrogens with zero attached hydrogens (tertiary/aromatic N) is 3. The van der Waals surface area contributed by atoms with Gasteiger partial charge in [-0.15, -0.1) is 0 Å². The Hall–Kier alpha value is -2.55. The van der Waals surface area contributed by atoms with Crippen molar-refractivity contribution in [3.63, 3.8) is 0 Å². The van der Waals surface area contributed by atoms with Crippen LogP contribution in [0.1, 0.15) is 62.4 Å². The normalized spacial score (nSPS) is 20.3. The van der Waals surface area contributed by atoms with Crippen molar-refractivity contribution in [3.05, 3.63) is 46.2 Å². The fraction of sp³-hybridized carbons (Fsp3) is 0.450. The van der Waals surface area contributed by atoms with E-state index in [9.17, 15) is 18.0 Å². The van der Waals surface area contributed by atoms with Gasteiger partial charge in [0.15, 0.2) is 0 Å². The second-order valence-electron chi connectivity index (χ2n) is 8.36. The molecule has 160 valence electrons. The number of ether oxygens (including phenoxy) is 1. The summed E-state index contributed by atoms with van der Waals surface area (Å²) in [6, 6.07) is 5.42. The Morgan fingerprint density at radius 1 is 1.20 bits per heavy atom. The monoisotopic (exact) mass is 440 g/mol. The Labute approximate surface area is 176 Å². The third kappa shape index (κ3) is 3.78. The molecule has 2 bridgehead atoms. The minimum atomic E-state index is -4.62. The van der Waals surface area contributed by atoms with E-state index in [1.807, 2.05) is 32.9 Å². The number of hydrogen-bond acceptors (Lipinski definition) is 5. The summed E-state index contributed by atoms with van der Waals surface area (Å²) in [6.45, 7) is 5.48. The van der Waals surface area contributed by atoms with Gasteiger partial charge in [0, 0.05) is 11.9 Å². The van der Waals surface area contributed by atoms with Crippen molar-refractivity contribution in [1.82, 2.24) is 14.9 Å². The molecule has 0 saturated carbocycles. The van der Waals surface area contributed by atoms with Gasteiger partial charge < -0.3 is 10.1 Å². The highest BCUT2D eigenvalue weighted by Gasteiger charge is 2.48. The Kier molecular flexibility index (Phi) is 4.84. The highest BCUT2D eigenvalue weighted by atomic mass is 35.5. The minimum Gasteiger partial charge on any atom is -0.444 e. The molecule has 2 aliphatic heterocycles. The maximum Gasteiger partial charge on any atom is 0.420 e. The van der Waals surface area contributed by atoms with Crippen molar-refractivity contribution in [2.75, 3.05) is 5.32 Å². The number of hydrogen-bond donors (Lipinski definition) is 1. The average molecular weight is 441 g/mol. The third-order valence-corrected chi connectivity index (χ3v) is 5.39. The second kappa shape index (κ2) is 7.01. The molecule has 30 heavy (non-hydrogen) atoms. The summed E-state index contributed by atoms with van der Waals surface area (Å²) in [4.78, 5) is 21.9. The molecule has 1 N–H and O–H groups in total.